The number of carbonyl (C=O) groups excluding carboxylic acids is 1. The van der Waals surface area contributed by atoms with Crippen LogP contribution in [0.2, 0.25) is 0 Å². The number of nitrogens with one attached hydrogen (secondary N) is 1. The van der Waals surface area contributed by atoms with Crippen LogP contribution in [0.25, 0.3) is 0 Å². The largest absolute Gasteiger partial charge is 0.494 e. The summed E-state index contributed by atoms with van der Waals surface area (Å²) in [6, 6.07) is 11.4. The highest BCUT2D eigenvalue weighted by Gasteiger charge is 2.33. The molecule has 0 radical (unpaired) electrons. The minimum atomic E-state index is -3.74. The maximum atomic E-state index is 13.3. The summed E-state index contributed by atoms with van der Waals surface area (Å²) in [5, 5.41) is 2.89. The second-order valence-electron chi connectivity index (χ2n) is 9.54. The quantitative estimate of drug-likeness (QED) is 0.515. The van der Waals surface area contributed by atoms with E-state index in [0.29, 0.717) is 44.8 Å². The standard InChI is InChI=1S/C26H35N3O6S2/c1-3-35-25-13-12-24(17-20(25)2)37(33,34)29-16-6-7-22(19-29)26(30)27-18-21-8-10-23(11-9-21)36(31,32)28-14-4-5-15-28/h8-13,17,22H,3-7,14-16,18-19H2,1-2H3,(H,27,30)/t22-/m0/s1. The second-order valence-corrected chi connectivity index (χ2v) is 13.4. The predicted molar refractivity (Wildman–Crippen MR) is 140 cm³/mol. The molecule has 2 aliphatic rings. The maximum Gasteiger partial charge on any atom is 0.243 e. The summed E-state index contributed by atoms with van der Waals surface area (Å²) in [5.41, 5.74) is 1.52. The number of aryl methyl sites for hydroxylation is 1. The van der Waals surface area contributed by atoms with Crippen LogP contribution in [-0.2, 0) is 31.4 Å². The Labute approximate surface area is 219 Å². The van der Waals surface area contributed by atoms with E-state index in [9.17, 15) is 21.6 Å². The highest BCUT2D eigenvalue weighted by Crippen LogP contribution is 2.28. The van der Waals surface area contributed by atoms with Crippen LogP contribution in [0.15, 0.2) is 52.3 Å². The van der Waals surface area contributed by atoms with Gasteiger partial charge < -0.3 is 10.1 Å². The number of hydrogen-bond acceptors (Lipinski definition) is 6. The topological polar surface area (TPSA) is 113 Å². The monoisotopic (exact) mass is 549 g/mol. The van der Waals surface area contributed by atoms with Crippen molar-refractivity contribution in [1.82, 2.24) is 13.9 Å². The van der Waals surface area contributed by atoms with Gasteiger partial charge >= 0.3 is 0 Å². The second kappa shape index (κ2) is 11.5. The minimum Gasteiger partial charge on any atom is -0.494 e. The van der Waals surface area contributed by atoms with Crippen molar-refractivity contribution in [2.24, 2.45) is 5.92 Å². The Kier molecular flexibility index (Phi) is 8.57. The molecule has 0 bridgehead atoms. The van der Waals surface area contributed by atoms with Crippen LogP contribution >= 0.6 is 0 Å². The van der Waals surface area contributed by atoms with E-state index < -0.39 is 26.0 Å². The average molecular weight is 550 g/mol. The minimum absolute atomic E-state index is 0.118. The number of benzene rings is 2. The molecule has 0 unspecified atom stereocenters. The molecule has 202 valence electrons. The van der Waals surface area contributed by atoms with E-state index in [1.54, 1.807) is 42.5 Å². The van der Waals surface area contributed by atoms with Crippen LogP contribution in [0.1, 0.15) is 43.7 Å². The molecule has 0 spiro atoms. The van der Waals surface area contributed by atoms with E-state index in [0.717, 1.165) is 24.0 Å². The van der Waals surface area contributed by atoms with Crippen LogP contribution in [0.5, 0.6) is 5.75 Å². The molecule has 2 aromatic carbocycles. The summed E-state index contributed by atoms with van der Waals surface area (Å²) in [4.78, 5) is 13.3. The lowest BCUT2D eigenvalue weighted by Crippen LogP contribution is -2.45. The maximum absolute atomic E-state index is 13.3. The third-order valence-corrected chi connectivity index (χ3v) is 10.7. The summed E-state index contributed by atoms with van der Waals surface area (Å²) < 4.78 is 60.3. The summed E-state index contributed by atoms with van der Waals surface area (Å²) in [6.45, 7) is 6.00. The molecule has 2 saturated heterocycles. The van der Waals surface area contributed by atoms with E-state index in [2.05, 4.69) is 5.32 Å². The third-order valence-electron chi connectivity index (χ3n) is 6.93. The van der Waals surface area contributed by atoms with E-state index in [-0.39, 0.29) is 28.8 Å². The first-order chi connectivity index (χ1) is 17.6. The number of sulfonamides is 2. The van der Waals surface area contributed by atoms with Gasteiger partial charge in [-0.1, -0.05) is 12.1 Å². The summed E-state index contributed by atoms with van der Waals surface area (Å²) in [5.74, 6) is -0.0160. The lowest BCUT2D eigenvalue weighted by molar-refractivity contribution is -0.126. The molecular weight excluding hydrogens is 514 g/mol. The van der Waals surface area contributed by atoms with Crippen molar-refractivity contribution in [3.63, 3.8) is 0 Å². The van der Waals surface area contributed by atoms with Gasteiger partial charge in [-0.05, 0) is 81.0 Å². The number of amides is 1. The molecule has 9 nitrogen and oxygen atoms in total. The smallest absolute Gasteiger partial charge is 0.243 e. The first-order valence-corrected chi connectivity index (χ1v) is 15.6. The van der Waals surface area contributed by atoms with Crippen molar-refractivity contribution in [3.8, 4) is 5.75 Å². The van der Waals surface area contributed by atoms with Crippen LogP contribution < -0.4 is 10.1 Å². The number of hydrogen-bond donors (Lipinski definition) is 1. The molecule has 0 aliphatic carbocycles. The van der Waals surface area contributed by atoms with Gasteiger partial charge in [0.1, 0.15) is 5.75 Å². The molecule has 1 atom stereocenters. The lowest BCUT2D eigenvalue weighted by atomic mass is 9.99. The van der Waals surface area contributed by atoms with Gasteiger partial charge in [0.25, 0.3) is 0 Å². The molecule has 0 aromatic heterocycles. The van der Waals surface area contributed by atoms with Gasteiger partial charge in [-0.2, -0.15) is 8.61 Å². The van der Waals surface area contributed by atoms with Crippen LogP contribution in [0.3, 0.4) is 0 Å². The summed E-state index contributed by atoms with van der Waals surface area (Å²) in [6.07, 6.45) is 2.95. The first kappa shape index (κ1) is 27.6. The number of nitrogens with zero attached hydrogens (tertiary/aromatic N) is 2. The van der Waals surface area contributed by atoms with Crippen molar-refractivity contribution < 1.29 is 26.4 Å². The summed E-state index contributed by atoms with van der Waals surface area (Å²) in [7, 11) is -7.22. The highest BCUT2D eigenvalue weighted by molar-refractivity contribution is 7.89. The molecule has 0 saturated carbocycles. The summed E-state index contributed by atoms with van der Waals surface area (Å²) >= 11 is 0. The number of rotatable bonds is 9. The zero-order valence-electron chi connectivity index (χ0n) is 21.4. The molecule has 2 aliphatic heterocycles. The van der Waals surface area contributed by atoms with E-state index in [1.165, 1.54) is 8.61 Å². The van der Waals surface area contributed by atoms with Crippen molar-refractivity contribution in [2.75, 3.05) is 32.8 Å². The lowest BCUT2D eigenvalue weighted by Gasteiger charge is -2.31. The van der Waals surface area contributed by atoms with Crippen molar-refractivity contribution in [3.05, 3.63) is 53.6 Å². The fraction of sp³-hybridized carbons (Fsp3) is 0.500. The van der Waals surface area contributed by atoms with Gasteiger partial charge in [-0.15, -0.1) is 0 Å². The molecule has 2 fully saturated rings. The highest BCUT2D eigenvalue weighted by atomic mass is 32.2. The molecule has 37 heavy (non-hydrogen) atoms. The molecular formula is C26H35N3O6S2. The van der Waals surface area contributed by atoms with Gasteiger partial charge in [0.05, 0.1) is 22.3 Å². The number of ether oxygens (including phenoxy) is 1. The zero-order chi connectivity index (χ0) is 26.6. The number of piperidine rings is 1. The van der Waals surface area contributed by atoms with Gasteiger partial charge in [-0.3, -0.25) is 4.79 Å². The van der Waals surface area contributed by atoms with Gasteiger partial charge in [-0.25, -0.2) is 16.8 Å². The molecule has 11 heteroatoms. The molecule has 4 rings (SSSR count). The molecule has 2 heterocycles. The van der Waals surface area contributed by atoms with Gasteiger partial charge in [0.15, 0.2) is 0 Å². The molecule has 1 amide bonds. The Morgan fingerprint density at radius 1 is 0.919 bits per heavy atom. The third kappa shape index (κ3) is 6.17. The van der Waals surface area contributed by atoms with E-state index in [4.69, 9.17) is 4.74 Å². The first-order valence-electron chi connectivity index (χ1n) is 12.7. The Morgan fingerprint density at radius 3 is 2.19 bits per heavy atom. The average Bonchev–Trinajstić information content (AvgIpc) is 3.45. The van der Waals surface area contributed by atoms with Crippen molar-refractivity contribution >= 4 is 26.0 Å². The molecule has 1 N–H and O–H groups in total. The normalized spacial score (nSPS) is 19.6. The fourth-order valence-corrected chi connectivity index (χ4v) is 7.94. The van der Waals surface area contributed by atoms with Gasteiger partial charge in [0, 0.05) is 32.7 Å². The Bertz CT molecular complexity index is 1320. The van der Waals surface area contributed by atoms with Crippen molar-refractivity contribution in [1.29, 1.82) is 0 Å². The van der Waals surface area contributed by atoms with Crippen LogP contribution in [0.4, 0.5) is 0 Å². The Hall–Kier alpha value is -2.47. The molecule has 2 aromatic rings. The van der Waals surface area contributed by atoms with E-state index >= 15 is 0 Å². The SMILES string of the molecule is CCOc1ccc(S(=O)(=O)N2CCC[C@H](C(=O)NCc3ccc(S(=O)(=O)N4CCCC4)cc3)C2)cc1C. The Balaban J connectivity index is 1.36. The Morgan fingerprint density at radius 2 is 1.54 bits per heavy atom. The fourth-order valence-electron chi connectivity index (χ4n) is 4.81. The van der Waals surface area contributed by atoms with Crippen LogP contribution in [-0.4, -0.2) is 64.1 Å². The van der Waals surface area contributed by atoms with Crippen molar-refractivity contribution in [2.45, 2.75) is 55.9 Å². The van der Waals surface area contributed by atoms with E-state index in [1.807, 2.05) is 13.8 Å². The zero-order valence-corrected chi connectivity index (χ0v) is 23.0. The van der Waals surface area contributed by atoms with Gasteiger partial charge in [0.2, 0.25) is 26.0 Å². The number of carbonyl (C=O) groups is 1. The van der Waals surface area contributed by atoms with Crippen LogP contribution in [0, 0.1) is 12.8 Å². The predicted octanol–water partition coefficient (Wildman–Crippen LogP) is 2.90.